The van der Waals surface area contributed by atoms with Crippen LogP contribution in [0.1, 0.15) is 57.6 Å². The maximum atomic E-state index is 6.13. The number of halogens is 2. The molecule has 1 fully saturated rings. The molecule has 3 heteroatoms. The molecular formula is C17H25BrClN. The highest BCUT2D eigenvalue weighted by Gasteiger charge is 2.27. The molecule has 0 aliphatic heterocycles. The van der Waals surface area contributed by atoms with Crippen LogP contribution in [-0.2, 0) is 0 Å². The van der Waals surface area contributed by atoms with E-state index in [4.69, 9.17) is 11.6 Å². The van der Waals surface area contributed by atoms with Crippen molar-refractivity contribution < 1.29 is 0 Å². The maximum absolute atomic E-state index is 6.13. The first-order valence-corrected chi connectivity index (χ1v) is 8.97. The Kier molecular flexibility index (Phi) is 6.38. The Morgan fingerprint density at radius 3 is 2.60 bits per heavy atom. The fourth-order valence-corrected chi connectivity index (χ4v) is 3.70. The molecule has 0 saturated heterocycles. The Balaban J connectivity index is 2.15. The molecule has 0 bridgehead atoms. The summed E-state index contributed by atoms with van der Waals surface area (Å²) in [6.07, 6.45) is 6.58. The minimum absolute atomic E-state index is 0.469. The molecule has 0 heterocycles. The van der Waals surface area contributed by atoms with Crippen LogP contribution in [0.3, 0.4) is 0 Å². The highest BCUT2D eigenvalue weighted by Crippen LogP contribution is 2.38. The summed E-state index contributed by atoms with van der Waals surface area (Å²) in [5, 5.41) is 4.54. The van der Waals surface area contributed by atoms with Gasteiger partial charge in [0.1, 0.15) is 0 Å². The molecule has 1 aromatic rings. The summed E-state index contributed by atoms with van der Waals surface area (Å²) in [5.74, 6) is 1.65. The Morgan fingerprint density at radius 2 is 2.00 bits per heavy atom. The number of hydrogen-bond acceptors (Lipinski definition) is 1. The van der Waals surface area contributed by atoms with Crippen molar-refractivity contribution in [3.05, 3.63) is 33.3 Å². The smallest absolute Gasteiger partial charge is 0.0548 e. The summed E-state index contributed by atoms with van der Waals surface area (Å²) in [5.41, 5.74) is 1.37. The molecule has 1 N–H and O–H groups in total. The summed E-state index contributed by atoms with van der Waals surface area (Å²) < 4.78 is 1.00. The summed E-state index contributed by atoms with van der Waals surface area (Å²) in [6.45, 7) is 5.69. The quantitative estimate of drug-likeness (QED) is 0.683. The van der Waals surface area contributed by atoms with Gasteiger partial charge in [0.05, 0.1) is 5.02 Å². The highest BCUT2D eigenvalue weighted by molar-refractivity contribution is 9.10. The normalized spacial score (nSPS) is 24.6. The number of nitrogens with one attached hydrogen (secondary N) is 1. The third-order valence-electron chi connectivity index (χ3n) is 4.45. The summed E-state index contributed by atoms with van der Waals surface area (Å²) in [6, 6.07) is 6.84. The third kappa shape index (κ3) is 4.22. The van der Waals surface area contributed by atoms with Crippen molar-refractivity contribution in [2.45, 2.75) is 52.0 Å². The van der Waals surface area contributed by atoms with Gasteiger partial charge < -0.3 is 5.32 Å². The van der Waals surface area contributed by atoms with Crippen LogP contribution >= 0.6 is 27.5 Å². The lowest BCUT2D eigenvalue weighted by Gasteiger charge is -2.34. The summed E-state index contributed by atoms with van der Waals surface area (Å²) in [4.78, 5) is 0. The standard InChI is InChI=1S/C17H25BrClN/c1-3-10-20-17(13-6-4-12(2)5-7-13)14-8-9-16(19)15(18)11-14/h8-9,11-13,17,20H,3-7,10H2,1-2H3. The van der Waals surface area contributed by atoms with Gasteiger partial charge in [-0.15, -0.1) is 0 Å². The largest absolute Gasteiger partial charge is 0.310 e. The van der Waals surface area contributed by atoms with Crippen molar-refractivity contribution >= 4 is 27.5 Å². The van der Waals surface area contributed by atoms with E-state index in [9.17, 15) is 0 Å². The van der Waals surface area contributed by atoms with Gasteiger partial charge >= 0.3 is 0 Å². The molecule has 1 saturated carbocycles. The van der Waals surface area contributed by atoms with Gasteiger partial charge in [-0.2, -0.15) is 0 Å². The van der Waals surface area contributed by atoms with Gasteiger partial charge in [-0.25, -0.2) is 0 Å². The number of hydrogen-bond donors (Lipinski definition) is 1. The van der Waals surface area contributed by atoms with E-state index in [0.29, 0.717) is 6.04 Å². The second-order valence-corrected chi connectivity index (χ2v) is 7.39. The molecule has 1 aliphatic rings. The van der Waals surface area contributed by atoms with E-state index >= 15 is 0 Å². The second-order valence-electron chi connectivity index (χ2n) is 6.13. The molecule has 1 nitrogen and oxygen atoms in total. The second kappa shape index (κ2) is 7.82. The van der Waals surface area contributed by atoms with Crippen molar-refractivity contribution in [3.8, 4) is 0 Å². The molecule has 1 aliphatic carbocycles. The van der Waals surface area contributed by atoms with Gasteiger partial charge in [0, 0.05) is 10.5 Å². The van der Waals surface area contributed by atoms with Crippen molar-refractivity contribution in [1.29, 1.82) is 0 Å². The summed E-state index contributed by atoms with van der Waals surface area (Å²) >= 11 is 9.68. The van der Waals surface area contributed by atoms with Crippen molar-refractivity contribution in [2.75, 3.05) is 6.54 Å². The Hall–Kier alpha value is -0.0500. The van der Waals surface area contributed by atoms with Crippen LogP contribution in [0.5, 0.6) is 0 Å². The van der Waals surface area contributed by atoms with Gasteiger partial charge in [-0.3, -0.25) is 0 Å². The molecule has 20 heavy (non-hydrogen) atoms. The van der Waals surface area contributed by atoms with E-state index in [1.165, 1.54) is 37.7 Å². The van der Waals surface area contributed by atoms with Crippen LogP contribution in [0, 0.1) is 11.8 Å². The van der Waals surface area contributed by atoms with Crippen LogP contribution < -0.4 is 5.32 Å². The average molecular weight is 359 g/mol. The lowest BCUT2D eigenvalue weighted by Crippen LogP contribution is -2.31. The minimum Gasteiger partial charge on any atom is -0.310 e. The average Bonchev–Trinajstić information content (AvgIpc) is 2.45. The zero-order valence-electron chi connectivity index (χ0n) is 12.5. The lowest BCUT2D eigenvalue weighted by atomic mass is 9.77. The molecule has 0 amide bonds. The maximum Gasteiger partial charge on any atom is 0.0548 e. The van der Waals surface area contributed by atoms with Gasteiger partial charge in [0.25, 0.3) is 0 Å². The van der Waals surface area contributed by atoms with Gasteiger partial charge in [0.15, 0.2) is 0 Å². The molecule has 112 valence electrons. The Bertz CT molecular complexity index is 427. The van der Waals surface area contributed by atoms with E-state index in [1.807, 2.05) is 6.07 Å². The molecule has 1 atom stereocenters. The number of benzene rings is 1. The van der Waals surface area contributed by atoms with Gasteiger partial charge in [-0.1, -0.05) is 44.4 Å². The van der Waals surface area contributed by atoms with E-state index in [0.717, 1.165) is 27.9 Å². The van der Waals surface area contributed by atoms with Gasteiger partial charge in [-0.05, 0) is 71.3 Å². The first-order valence-electron chi connectivity index (χ1n) is 7.80. The molecule has 1 unspecified atom stereocenters. The van der Waals surface area contributed by atoms with E-state index in [2.05, 4.69) is 47.2 Å². The molecule has 1 aromatic carbocycles. The molecule has 0 spiro atoms. The topological polar surface area (TPSA) is 12.0 Å². The summed E-state index contributed by atoms with van der Waals surface area (Å²) in [7, 11) is 0. The lowest BCUT2D eigenvalue weighted by molar-refractivity contribution is 0.231. The predicted molar refractivity (Wildman–Crippen MR) is 91.3 cm³/mol. The fourth-order valence-electron chi connectivity index (χ4n) is 3.18. The first kappa shape index (κ1) is 16.3. The zero-order chi connectivity index (χ0) is 14.5. The van der Waals surface area contributed by atoms with Crippen molar-refractivity contribution in [3.63, 3.8) is 0 Å². The molecule has 0 aromatic heterocycles. The van der Waals surface area contributed by atoms with Crippen LogP contribution in [0.2, 0.25) is 5.02 Å². The monoisotopic (exact) mass is 357 g/mol. The van der Waals surface area contributed by atoms with Crippen molar-refractivity contribution in [1.82, 2.24) is 5.32 Å². The highest BCUT2D eigenvalue weighted by atomic mass is 79.9. The number of rotatable bonds is 5. The van der Waals surface area contributed by atoms with Gasteiger partial charge in [0.2, 0.25) is 0 Å². The van der Waals surface area contributed by atoms with Crippen LogP contribution in [-0.4, -0.2) is 6.54 Å². The molecule has 0 radical (unpaired) electrons. The van der Waals surface area contributed by atoms with Crippen molar-refractivity contribution in [2.24, 2.45) is 11.8 Å². The molecular weight excluding hydrogens is 334 g/mol. The Labute approximate surface area is 136 Å². The van der Waals surface area contributed by atoms with Crippen LogP contribution in [0.25, 0.3) is 0 Å². The SMILES string of the molecule is CCCNC(c1ccc(Cl)c(Br)c1)C1CCC(C)CC1. The third-order valence-corrected chi connectivity index (χ3v) is 5.66. The molecule has 2 rings (SSSR count). The fraction of sp³-hybridized carbons (Fsp3) is 0.647. The van der Waals surface area contributed by atoms with Crippen LogP contribution in [0.4, 0.5) is 0 Å². The van der Waals surface area contributed by atoms with E-state index in [1.54, 1.807) is 0 Å². The predicted octanol–water partition coefficient (Wildman–Crippen LogP) is 5.97. The first-order chi connectivity index (χ1) is 9.61. The van der Waals surface area contributed by atoms with Crippen LogP contribution in [0.15, 0.2) is 22.7 Å². The Morgan fingerprint density at radius 1 is 1.30 bits per heavy atom. The van der Waals surface area contributed by atoms with E-state index in [-0.39, 0.29) is 0 Å². The zero-order valence-corrected chi connectivity index (χ0v) is 14.8. The van der Waals surface area contributed by atoms with E-state index < -0.39 is 0 Å². The minimum atomic E-state index is 0.469.